The van der Waals surface area contributed by atoms with Crippen LogP contribution in [0, 0.1) is 0 Å². The van der Waals surface area contributed by atoms with Gasteiger partial charge in [-0.25, -0.2) is 9.97 Å². The molecule has 102 valence electrons. The maximum Gasteiger partial charge on any atom is 0.163 e. The lowest BCUT2D eigenvalue weighted by atomic mass is 10.2. The number of rotatable bonds is 3. The Kier molecular flexibility index (Phi) is 3.08. The van der Waals surface area contributed by atoms with E-state index in [1.807, 2.05) is 7.05 Å². The third-order valence-corrected chi connectivity index (χ3v) is 3.59. The van der Waals surface area contributed by atoms with E-state index in [1.54, 1.807) is 10.9 Å². The minimum atomic E-state index is 0.437. The normalized spacial score (nSPS) is 19.6. The van der Waals surface area contributed by atoms with E-state index in [4.69, 9.17) is 10.5 Å². The second kappa shape index (κ2) is 4.75. The molecule has 0 spiro atoms. The summed E-state index contributed by atoms with van der Waals surface area (Å²) in [4.78, 5) is 11.1. The van der Waals surface area contributed by atoms with E-state index in [0.717, 1.165) is 36.5 Å². The average Bonchev–Trinajstić information content (AvgIpc) is 3.00. The van der Waals surface area contributed by atoms with Crippen LogP contribution in [0.3, 0.4) is 0 Å². The van der Waals surface area contributed by atoms with Crippen molar-refractivity contribution in [2.45, 2.75) is 19.0 Å². The van der Waals surface area contributed by atoms with Gasteiger partial charge in [-0.1, -0.05) is 0 Å². The molecule has 0 amide bonds. The van der Waals surface area contributed by atoms with E-state index in [9.17, 15) is 0 Å². The minimum absolute atomic E-state index is 0.437. The molecule has 1 unspecified atom stereocenters. The van der Waals surface area contributed by atoms with Crippen molar-refractivity contribution in [2.24, 2.45) is 7.05 Å². The molecule has 3 rings (SSSR count). The number of aromatic nitrogens is 4. The van der Waals surface area contributed by atoms with Crippen LogP contribution < -0.4 is 5.73 Å². The number of anilines is 1. The van der Waals surface area contributed by atoms with Crippen molar-refractivity contribution < 1.29 is 4.74 Å². The fraction of sp³-hybridized carbons (Fsp3) is 0.583. The van der Waals surface area contributed by atoms with Crippen molar-refractivity contribution in [3.63, 3.8) is 0 Å². The first-order valence-corrected chi connectivity index (χ1v) is 6.37. The summed E-state index contributed by atoms with van der Waals surface area (Å²) in [6, 6.07) is 0.437. The van der Waals surface area contributed by atoms with E-state index < -0.39 is 0 Å². The summed E-state index contributed by atoms with van der Waals surface area (Å²) in [6.45, 7) is 2.28. The summed E-state index contributed by atoms with van der Waals surface area (Å²) >= 11 is 0. The largest absolute Gasteiger partial charge is 0.383 e. The molecular weight excluding hydrogens is 244 g/mol. The van der Waals surface area contributed by atoms with Gasteiger partial charge in [0.25, 0.3) is 0 Å². The van der Waals surface area contributed by atoms with Crippen molar-refractivity contribution >= 4 is 16.9 Å². The molecule has 0 bridgehead atoms. The van der Waals surface area contributed by atoms with E-state index >= 15 is 0 Å². The molecular formula is C12H18N6O. The van der Waals surface area contributed by atoms with Crippen molar-refractivity contribution in [1.82, 2.24) is 24.6 Å². The Balaban J connectivity index is 1.86. The minimum Gasteiger partial charge on any atom is -0.383 e. The van der Waals surface area contributed by atoms with Crippen molar-refractivity contribution in [1.29, 1.82) is 0 Å². The number of nitrogens with two attached hydrogens (primary N) is 1. The number of hydrogen-bond acceptors (Lipinski definition) is 6. The quantitative estimate of drug-likeness (QED) is 0.849. The molecule has 0 saturated carbocycles. The van der Waals surface area contributed by atoms with Gasteiger partial charge in [0.1, 0.15) is 11.6 Å². The van der Waals surface area contributed by atoms with Crippen molar-refractivity contribution in [3.05, 3.63) is 12.0 Å². The predicted molar refractivity (Wildman–Crippen MR) is 71.4 cm³/mol. The maximum absolute atomic E-state index is 5.95. The van der Waals surface area contributed by atoms with Gasteiger partial charge in [-0.3, -0.25) is 9.58 Å². The van der Waals surface area contributed by atoms with E-state index in [0.29, 0.717) is 18.4 Å². The zero-order chi connectivity index (χ0) is 13.4. The monoisotopic (exact) mass is 262 g/mol. The third-order valence-electron chi connectivity index (χ3n) is 3.59. The molecule has 1 aliphatic heterocycles. The standard InChI is InChI=1S/C12H18N6O/c1-17(8-3-4-19-7-8)6-10-15-11(13)9-5-14-18(2)12(9)16-10/h5,8H,3-4,6-7H2,1-2H3,(H2,13,15,16). The molecule has 1 fully saturated rings. The highest BCUT2D eigenvalue weighted by Gasteiger charge is 2.21. The van der Waals surface area contributed by atoms with Crippen molar-refractivity contribution in [2.75, 3.05) is 26.0 Å². The molecule has 1 atom stereocenters. The molecule has 0 aliphatic carbocycles. The summed E-state index contributed by atoms with van der Waals surface area (Å²) in [5.74, 6) is 1.21. The molecule has 19 heavy (non-hydrogen) atoms. The zero-order valence-electron chi connectivity index (χ0n) is 11.2. The first-order chi connectivity index (χ1) is 9.15. The number of likely N-dealkylation sites (N-methyl/N-ethyl adjacent to an activating group) is 1. The van der Waals surface area contributed by atoms with E-state index in [2.05, 4.69) is 27.0 Å². The molecule has 0 aromatic carbocycles. The molecule has 1 aliphatic rings. The highest BCUT2D eigenvalue weighted by molar-refractivity contribution is 5.84. The van der Waals surface area contributed by atoms with Crippen LogP contribution in [-0.4, -0.2) is 51.0 Å². The Hall–Kier alpha value is -1.73. The number of aryl methyl sites for hydroxylation is 1. The molecule has 0 radical (unpaired) electrons. The van der Waals surface area contributed by atoms with Gasteiger partial charge < -0.3 is 10.5 Å². The Morgan fingerprint density at radius 3 is 3.11 bits per heavy atom. The van der Waals surface area contributed by atoms with Gasteiger partial charge in [-0.2, -0.15) is 5.10 Å². The van der Waals surface area contributed by atoms with Crippen molar-refractivity contribution in [3.8, 4) is 0 Å². The SMILES string of the molecule is CN(Cc1nc(N)c2cnn(C)c2n1)C1CCOC1. The van der Waals surface area contributed by atoms with Crippen LogP contribution in [0.2, 0.25) is 0 Å². The van der Waals surface area contributed by atoms with Gasteiger partial charge in [0, 0.05) is 19.7 Å². The Bertz CT molecular complexity index is 589. The number of hydrogen-bond donors (Lipinski definition) is 1. The van der Waals surface area contributed by atoms with Crippen LogP contribution in [0.5, 0.6) is 0 Å². The highest BCUT2D eigenvalue weighted by atomic mass is 16.5. The first kappa shape index (κ1) is 12.3. The topological polar surface area (TPSA) is 82.1 Å². The Morgan fingerprint density at radius 1 is 1.53 bits per heavy atom. The molecule has 1 saturated heterocycles. The number of fused-ring (bicyclic) bond motifs is 1. The second-order valence-electron chi connectivity index (χ2n) is 4.96. The number of nitrogens with zero attached hydrogens (tertiary/aromatic N) is 5. The Morgan fingerprint density at radius 2 is 2.37 bits per heavy atom. The molecule has 7 nitrogen and oxygen atoms in total. The number of ether oxygens (including phenoxy) is 1. The third kappa shape index (κ3) is 2.26. The lowest BCUT2D eigenvalue weighted by Gasteiger charge is -2.21. The van der Waals surface area contributed by atoms with Gasteiger partial charge in [-0.05, 0) is 13.5 Å². The van der Waals surface area contributed by atoms with Crippen LogP contribution in [0.1, 0.15) is 12.2 Å². The van der Waals surface area contributed by atoms with Gasteiger partial charge in [0.05, 0.1) is 24.7 Å². The van der Waals surface area contributed by atoms with Crippen LogP contribution in [0.25, 0.3) is 11.0 Å². The van der Waals surface area contributed by atoms with Crippen LogP contribution >= 0.6 is 0 Å². The average molecular weight is 262 g/mol. The highest BCUT2D eigenvalue weighted by Crippen LogP contribution is 2.18. The van der Waals surface area contributed by atoms with E-state index in [-0.39, 0.29) is 0 Å². The number of nitrogen functional groups attached to an aromatic ring is 1. The van der Waals surface area contributed by atoms with Crippen LogP contribution in [0.4, 0.5) is 5.82 Å². The summed E-state index contributed by atoms with van der Waals surface area (Å²) in [5, 5.41) is 4.96. The second-order valence-corrected chi connectivity index (χ2v) is 4.96. The summed E-state index contributed by atoms with van der Waals surface area (Å²) in [5.41, 5.74) is 6.73. The van der Waals surface area contributed by atoms with Gasteiger partial charge in [0.15, 0.2) is 5.65 Å². The predicted octanol–water partition coefficient (Wildman–Crippen LogP) is 0.166. The lowest BCUT2D eigenvalue weighted by molar-refractivity contribution is 0.155. The summed E-state index contributed by atoms with van der Waals surface area (Å²) in [7, 11) is 3.92. The molecule has 3 heterocycles. The zero-order valence-corrected chi connectivity index (χ0v) is 11.2. The first-order valence-electron chi connectivity index (χ1n) is 6.37. The molecule has 2 aromatic heterocycles. The fourth-order valence-corrected chi connectivity index (χ4v) is 2.38. The molecule has 2 aromatic rings. The molecule has 2 N–H and O–H groups in total. The van der Waals surface area contributed by atoms with E-state index in [1.165, 1.54) is 0 Å². The van der Waals surface area contributed by atoms with Crippen LogP contribution in [-0.2, 0) is 18.3 Å². The Labute approximate surface area is 111 Å². The van der Waals surface area contributed by atoms with Crippen LogP contribution in [0.15, 0.2) is 6.20 Å². The fourth-order valence-electron chi connectivity index (χ4n) is 2.38. The summed E-state index contributed by atoms with van der Waals surface area (Å²) < 4.78 is 7.11. The van der Waals surface area contributed by atoms with Gasteiger partial charge in [-0.15, -0.1) is 0 Å². The van der Waals surface area contributed by atoms with Gasteiger partial charge in [0.2, 0.25) is 0 Å². The molecule has 7 heteroatoms. The smallest absolute Gasteiger partial charge is 0.163 e. The van der Waals surface area contributed by atoms with Gasteiger partial charge >= 0.3 is 0 Å². The lowest BCUT2D eigenvalue weighted by Crippen LogP contribution is -2.32. The summed E-state index contributed by atoms with van der Waals surface area (Å²) in [6.07, 6.45) is 2.75. The maximum atomic E-state index is 5.95.